The van der Waals surface area contributed by atoms with E-state index in [0.717, 1.165) is 48.1 Å². The van der Waals surface area contributed by atoms with Crippen LogP contribution in [0.25, 0.3) is 0 Å². The summed E-state index contributed by atoms with van der Waals surface area (Å²) in [4.78, 5) is 43.4. The highest BCUT2D eigenvalue weighted by Gasteiger charge is 2.36. The van der Waals surface area contributed by atoms with Crippen LogP contribution in [0.4, 0.5) is 10.5 Å². The summed E-state index contributed by atoms with van der Waals surface area (Å²) >= 11 is 0. The van der Waals surface area contributed by atoms with E-state index in [1.165, 1.54) is 0 Å². The number of benzene rings is 3. The molecule has 3 aromatic rings. The van der Waals surface area contributed by atoms with Crippen molar-refractivity contribution in [1.29, 1.82) is 0 Å². The molecule has 2 unspecified atom stereocenters. The number of anilines is 1. The number of para-hydroxylation sites is 1. The minimum Gasteiger partial charge on any atom is -0.444 e. The van der Waals surface area contributed by atoms with Crippen molar-refractivity contribution in [3.8, 4) is 0 Å². The van der Waals surface area contributed by atoms with E-state index in [1.54, 1.807) is 25.7 Å². The highest BCUT2D eigenvalue weighted by Crippen LogP contribution is 2.28. The Balaban J connectivity index is 2.06. The van der Waals surface area contributed by atoms with Gasteiger partial charge in [0.15, 0.2) is 0 Å². The van der Waals surface area contributed by atoms with Gasteiger partial charge in [-0.15, -0.1) is 0 Å². The van der Waals surface area contributed by atoms with Crippen LogP contribution in [0.3, 0.4) is 0 Å². The number of ether oxygens (including phenoxy) is 1. The van der Waals surface area contributed by atoms with Gasteiger partial charge in [-0.05, 0) is 63.3 Å². The molecular weight excluding hydrogens is 538 g/mol. The van der Waals surface area contributed by atoms with Gasteiger partial charge in [0.05, 0.1) is 0 Å². The van der Waals surface area contributed by atoms with E-state index >= 15 is 0 Å². The predicted octanol–water partition coefficient (Wildman–Crippen LogP) is 7.53. The summed E-state index contributed by atoms with van der Waals surface area (Å²) in [5.41, 5.74) is 3.47. The Morgan fingerprint density at radius 2 is 1.42 bits per heavy atom. The lowest BCUT2D eigenvalue weighted by atomic mass is 9.99. The van der Waals surface area contributed by atoms with Crippen LogP contribution in [0, 0.1) is 13.8 Å². The molecule has 0 aliphatic rings. The molecule has 0 radical (unpaired) electrons. The highest BCUT2D eigenvalue weighted by molar-refractivity contribution is 6.00. The molecule has 2 atom stereocenters. The third-order valence-corrected chi connectivity index (χ3v) is 7.21. The number of alkyl carbamates (subject to hydrolysis) is 1. The average Bonchev–Trinajstić information content (AvgIpc) is 2.96. The summed E-state index contributed by atoms with van der Waals surface area (Å²) in [6.45, 7) is 11.7. The van der Waals surface area contributed by atoms with Crippen LogP contribution in [-0.2, 0) is 20.7 Å². The molecule has 0 bridgehead atoms. The second-order valence-electron chi connectivity index (χ2n) is 12.1. The van der Waals surface area contributed by atoms with Crippen LogP contribution in [-0.4, -0.2) is 41.0 Å². The van der Waals surface area contributed by atoms with E-state index in [4.69, 9.17) is 4.74 Å². The van der Waals surface area contributed by atoms with E-state index in [9.17, 15) is 14.4 Å². The van der Waals surface area contributed by atoms with Crippen molar-refractivity contribution in [3.05, 3.63) is 101 Å². The lowest BCUT2D eigenvalue weighted by Gasteiger charge is -2.35. The standard InChI is InChI=1S/C36H47N3O4/c1-7-8-9-16-24-39(34(41)30(25-28-20-12-10-13-21-28)37-35(42)43-36(4,5)6)32(29-22-14-11-15-23-29)33(40)38-31-26(2)18-17-19-27(31)3/h10-15,17-23,30,32H,7-9,16,24-25H2,1-6H3,(H,37,42)(H,38,40). The third-order valence-electron chi connectivity index (χ3n) is 7.21. The molecular formula is C36H47N3O4. The number of hydrogen-bond acceptors (Lipinski definition) is 4. The zero-order valence-electron chi connectivity index (χ0n) is 26.5. The largest absolute Gasteiger partial charge is 0.444 e. The number of nitrogens with zero attached hydrogens (tertiary/aromatic N) is 1. The van der Waals surface area contributed by atoms with Crippen molar-refractivity contribution < 1.29 is 19.1 Å². The molecule has 3 aromatic carbocycles. The van der Waals surface area contributed by atoms with Gasteiger partial charge in [0.25, 0.3) is 5.91 Å². The Morgan fingerprint density at radius 3 is 2.00 bits per heavy atom. The average molecular weight is 586 g/mol. The second-order valence-corrected chi connectivity index (χ2v) is 12.1. The molecule has 0 saturated heterocycles. The van der Waals surface area contributed by atoms with Gasteiger partial charge >= 0.3 is 6.09 Å². The number of aryl methyl sites for hydroxylation is 2. The molecule has 7 nitrogen and oxygen atoms in total. The molecule has 0 heterocycles. The number of carbonyl (C=O) groups excluding carboxylic acids is 3. The first-order valence-electron chi connectivity index (χ1n) is 15.3. The minimum absolute atomic E-state index is 0.254. The summed E-state index contributed by atoms with van der Waals surface area (Å²) in [6.07, 6.45) is 3.29. The fourth-order valence-corrected chi connectivity index (χ4v) is 5.09. The van der Waals surface area contributed by atoms with Gasteiger partial charge in [-0.3, -0.25) is 9.59 Å². The number of hydrogen-bond donors (Lipinski definition) is 2. The van der Waals surface area contributed by atoms with Gasteiger partial charge in [0.1, 0.15) is 17.7 Å². The fourth-order valence-electron chi connectivity index (χ4n) is 5.09. The minimum atomic E-state index is -0.942. The summed E-state index contributed by atoms with van der Waals surface area (Å²) in [5, 5.41) is 5.96. The van der Waals surface area contributed by atoms with Crippen LogP contribution in [0.5, 0.6) is 0 Å². The molecule has 0 aromatic heterocycles. The quantitative estimate of drug-likeness (QED) is 0.203. The van der Waals surface area contributed by atoms with Crippen molar-refractivity contribution in [2.45, 2.75) is 91.3 Å². The molecule has 0 aliphatic carbocycles. The van der Waals surface area contributed by atoms with Crippen molar-refractivity contribution in [1.82, 2.24) is 10.2 Å². The number of rotatable bonds is 13. The molecule has 2 N–H and O–H groups in total. The molecule has 3 amide bonds. The van der Waals surface area contributed by atoms with E-state index in [2.05, 4.69) is 17.6 Å². The SMILES string of the molecule is CCCCCCN(C(=O)C(Cc1ccccc1)NC(=O)OC(C)(C)C)C(C(=O)Nc1c(C)cccc1C)c1ccccc1. The van der Waals surface area contributed by atoms with Crippen LogP contribution in [0.2, 0.25) is 0 Å². The van der Waals surface area contributed by atoms with Crippen molar-refractivity contribution >= 4 is 23.6 Å². The molecule has 0 saturated carbocycles. The second kappa shape index (κ2) is 15.9. The Hall–Kier alpha value is -4.13. The van der Waals surface area contributed by atoms with Crippen molar-refractivity contribution in [3.63, 3.8) is 0 Å². The summed E-state index contributed by atoms with van der Waals surface area (Å²) in [5.74, 6) is -0.639. The lowest BCUT2D eigenvalue weighted by molar-refractivity contribution is -0.140. The van der Waals surface area contributed by atoms with Crippen molar-refractivity contribution in [2.24, 2.45) is 0 Å². The van der Waals surface area contributed by atoms with Gasteiger partial charge in [0.2, 0.25) is 5.91 Å². The normalized spacial score (nSPS) is 12.6. The van der Waals surface area contributed by atoms with E-state index < -0.39 is 23.8 Å². The molecule has 230 valence electrons. The Bertz CT molecular complexity index is 1320. The maximum atomic E-state index is 14.6. The van der Waals surface area contributed by atoms with Crippen LogP contribution in [0.1, 0.15) is 81.7 Å². The molecule has 43 heavy (non-hydrogen) atoms. The molecule has 7 heteroatoms. The van der Waals surface area contributed by atoms with Gasteiger partial charge in [-0.1, -0.05) is 105 Å². The molecule has 0 aliphatic heterocycles. The topological polar surface area (TPSA) is 87.7 Å². The van der Waals surface area contributed by atoms with Crippen LogP contribution < -0.4 is 10.6 Å². The molecule has 3 rings (SSSR count). The Morgan fingerprint density at radius 1 is 0.814 bits per heavy atom. The van der Waals surface area contributed by atoms with E-state index in [-0.39, 0.29) is 18.2 Å². The maximum absolute atomic E-state index is 14.6. The number of unbranched alkanes of at least 4 members (excludes halogenated alkanes) is 3. The van der Waals surface area contributed by atoms with Gasteiger partial charge in [-0.25, -0.2) is 4.79 Å². The number of amides is 3. The maximum Gasteiger partial charge on any atom is 0.408 e. The number of carbonyl (C=O) groups is 3. The summed E-state index contributed by atoms with van der Waals surface area (Å²) in [6, 6.07) is 22.9. The van der Waals surface area contributed by atoms with Crippen LogP contribution >= 0.6 is 0 Å². The van der Waals surface area contributed by atoms with Gasteiger partial charge in [-0.2, -0.15) is 0 Å². The lowest BCUT2D eigenvalue weighted by Crippen LogP contribution is -2.53. The van der Waals surface area contributed by atoms with Gasteiger partial charge < -0.3 is 20.3 Å². The summed E-state index contributed by atoms with van der Waals surface area (Å²) in [7, 11) is 0. The van der Waals surface area contributed by atoms with Gasteiger partial charge in [0, 0.05) is 18.7 Å². The number of nitrogens with one attached hydrogen (secondary N) is 2. The Labute approximate surface area is 257 Å². The van der Waals surface area contributed by atoms with Crippen LogP contribution in [0.15, 0.2) is 78.9 Å². The zero-order chi connectivity index (χ0) is 31.4. The van der Waals surface area contributed by atoms with Crippen molar-refractivity contribution in [2.75, 3.05) is 11.9 Å². The smallest absolute Gasteiger partial charge is 0.408 e. The predicted molar refractivity (Wildman–Crippen MR) is 173 cm³/mol. The first-order chi connectivity index (χ1) is 20.5. The first kappa shape index (κ1) is 33.4. The van der Waals surface area contributed by atoms with E-state index in [0.29, 0.717) is 12.1 Å². The third kappa shape index (κ3) is 10.3. The zero-order valence-corrected chi connectivity index (χ0v) is 26.5. The highest BCUT2D eigenvalue weighted by atomic mass is 16.6. The fraction of sp³-hybridized carbons (Fsp3) is 0.417. The molecule has 0 spiro atoms. The Kier molecular flexibility index (Phi) is 12.4. The molecule has 0 fully saturated rings. The monoisotopic (exact) mass is 585 g/mol. The van der Waals surface area contributed by atoms with E-state index in [1.807, 2.05) is 92.7 Å². The summed E-state index contributed by atoms with van der Waals surface area (Å²) < 4.78 is 5.55. The first-order valence-corrected chi connectivity index (χ1v) is 15.3.